The highest BCUT2D eigenvalue weighted by molar-refractivity contribution is 6.36. The van der Waals surface area contributed by atoms with E-state index in [9.17, 15) is 0 Å². The molecular weight excluding hydrogens is 256 g/mol. The Balaban J connectivity index is 2.38. The molecule has 19 heavy (non-hydrogen) atoms. The molecule has 3 N–H and O–H groups in total. The number of anilines is 1. The van der Waals surface area contributed by atoms with Crippen LogP contribution in [0.15, 0.2) is 48.5 Å². The zero-order chi connectivity index (χ0) is 13.0. The van der Waals surface area contributed by atoms with Crippen molar-refractivity contribution in [3.8, 4) is 11.3 Å². The quantitative estimate of drug-likeness (QED) is 0.447. The van der Waals surface area contributed by atoms with Crippen molar-refractivity contribution < 1.29 is 0 Å². The highest BCUT2D eigenvalue weighted by Gasteiger charge is 2.19. The first-order valence-electron chi connectivity index (χ1n) is 6.13. The predicted octanol–water partition coefficient (Wildman–Crippen LogP) is 4.66. The summed E-state index contributed by atoms with van der Waals surface area (Å²) in [6, 6.07) is 16.3. The molecule has 0 unspecified atom stereocenters. The second-order valence-electron chi connectivity index (χ2n) is 4.69. The monoisotopic (exact) mass is 266 g/mol. The normalized spacial score (nSPS) is 11.6. The van der Waals surface area contributed by atoms with Gasteiger partial charge < -0.3 is 10.7 Å². The Morgan fingerprint density at radius 3 is 2.00 bits per heavy atom. The number of H-pyrrole nitrogens is 1. The molecule has 0 atom stereocenters. The number of hydrogen-bond acceptors (Lipinski definition) is 1. The molecule has 0 amide bonds. The van der Waals surface area contributed by atoms with Gasteiger partial charge in [0.2, 0.25) is 0 Å². The lowest BCUT2D eigenvalue weighted by atomic mass is 10.0. The van der Waals surface area contributed by atoms with E-state index in [-0.39, 0.29) is 0 Å². The third kappa shape index (κ3) is 1.32. The fourth-order valence-corrected chi connectivity index (χ4v) is 3.08. The van der Waals surface area contributed by atoms with E-state index in [0.29, 0.717) is 5.15 Å². The third-order valence-corrected chi connectivity index (χ3v) is 3.97. The Hall–Kier alpha value is -2.19. The maximum absolute atomic E-state index is 6.32. The Morgan fingerprint density at radius 2 is 1.32 bits per heavy atom. The fraction of sp³-hybridized carbons (Fsp3) is 0. The second-order valence-corrected chi connectivity index (χ2v) is 5.07. The number of hydrogen-bond donors (Lipinski definition) is 2. The van der Waals surface area contributed by atoms with Crippen LogP contribution in [0.3, 0.4) is 0 Å². The van der Waals surface area contributed by atoms with E-state index in [1.54, 1.807) is 0 Å². The maximum Gasteiger partial charge on any atom is 0.114 e. The molecule has 1 aliphatic heterocycles. The van der Waals surface area contributed by atoms with Crippen molar-refractivity contribution in [3.05, 3.63) is 53.7 Å². The minimum Gasteiger partial charge on any atom is -0.397 e. The van der Waals surface area contributed by atoms with Gasteiger partial charge in [-0.05, 0) is 10.8 Å². The Kier molecular flexibility index (Phi) is 2.06. The van der Waals surface area contributed by atoms with Crippen molar-refractivity contribution >= 4 is 38.8 Å². The standard InChI is InChI=1S/C16H11ClN2/c17-16-12-8-4-2-6-10(12)13-9-5-1-3-7-11(9)14(18)15(13)19-16/h1-8,19H,18H2. The van der Waals surface area contributed by atoms with Gasteiger partial charge in [0.25, 0.3) is 0 Å². The lowest BCUT2D eigenvalue weighted by Crippen LogP contribution is -1.91. The van der Waals surface area contributed by atoms with E-state index in [1.807, 2.05) is 36.4 Å². The van der Waals surface area contributed by atoms with Crippen LogP contribution in [0.1, 0.15) is 0 Å². The number of nitrogens with two attached hydrogens (primary N) is 1. The molecule has 2 aliphatic rings. The van der Waals surface area contributed by atoms with Crippen LogP contribution in [0.2, 0.25) is 5.15 Å². The van der Waals surface area contributed by atoms with Crippen molar-refractivity contribution in [2.45, 2.75) is 0 Å². The van der Waals surface area contributed by atoms with Gasteiger partial charge in [-0.25, -0.2) is 0 Å². The molecule has 0 aromatic heterocycles. The number of rotatable bonds is 0. The summed E-state index contributed by atoms with van der Waals surface area (Å²) in [7, 11) is 0. The predicted molar refractivity (Wildman–Crippen MR) is 81.8 cm³/mol. The van der Waals surface area contributed by atoms with Crippen molar-refractivity contribution in [3.63, 3.8) is 0 Å². The van der Waals surface area contributed by atoms with Gasteiger partial charge in [0.1, 0.15) is 5.15 Å². The van der Waals surface area contributed by atoms with Crippen LogP contribution < -0.4 is 5.73 Å². The summed E-state index contributed by atoms with van der Waals surface area (Å²) < 4.78 is 0. The van der Waals surface area contributed by atoms with Crippen LogP contribution >= 0.6 is 11.6 Å². The first-order valence-corrected chi connectivity index (χ1v) is 6.51. The van der Waals surface area contributed by atoms with Crippen LogP contribution in [0, 0.1) is 0 Å². The van der Waals surface area contributed by atoms with Crippen molar-refractivity contribution in [2.75, 3.05) is 5.73 Å². The van der Waals surface area contributed by atoms with Gasteiger partial charge in [0, 0.05) is 16.3 Å². The summed E-state index contributed by atoms with van der Waals surface area (Å²) in [5.74, 6) is 0. The SMILES string of the molecule is Nc1c2[nH]c(Cl)c3ccccc3c-2c2ccccc12. The first-order chi connectivity index (χ1) is 9.27. The summed E-state index contributed by atoms with van der Waals surface area (Å²) in [5, 5.41) is 5.02. The number of halogens is 1. The number of pyridine rings is 1. The molecular formula is C16H11ClN2. The molecule has 0 spiro atoms. The molecule has 2 nitrogen and oxygen atoms in total. The number of nitrogens with one attached hydrogen (secondary N) is 1. The average Bonchev–Trinajstić information content (AvgIpc) is 2.73. The molecule has 92 valence electrons. The molecule has 0 radical (unpaired) electrons. The molecule has 2 aromatic rings. The highest BCUT2D eigenvalue weighted by Crippen LogP contribution is 2.45. The minimum atomic E-state index is 0.630. The van der Waals surface area contributed by atoms with E-state index >= 15 is 0 Å². The zero-order valence-corrected chi connectivity index (χ0v) is 10.8. The van der Waals surface area contributed by atoms with Crippen LogP contribution in [-0.2, 0) is 0 Å². The number of aromatic nitrogens is 1. The lowest BCUT2D eigenvalue weighted by molar-refractivity contribution is 1.38. The third-order valence-electron chi connectivity index (χ3n) is 3.67. The molecule has 0 saturated carbocycles. The second kappa shape index (κ2) is 3.65. The Morgan fingerprint density at radius 1 is 0.789 bits per heavy atom. The zero-order valence-electron chi connectivity index (χ0n) is 10.1. The Bertz CT molecular complexity index is 886. The molecule has 1 heterocycles. The van der Waals surface area contributed by atoms with Gasteiger partial charge in [-0.15, -0.1) is 0 Å². The largest absolute Gasteiger partial charge is 0.397 e. The van der Waals surface area contributed by atoms with Crippen molar-refractivity contribution in [1.29, 1.82) is 0 Å². The van der Waals surface area contributed by atoms with Crippen molar-refractivity contribution in [1.82, 2.24) is 4.98 Å². The molecule has 4 rings (SSSR count). The van der Waals surface area contributed by atoms with E-state index in [0.717, 1.165) is 33.1 Å². The van der Waals surface area contributed by atoms with Gasteiger partial charge in [0.05, 0.1) is 11.4 Å². The number of benzene rings is 2. The molecule has 0 saturated heterocycles. The van der Waals surface area contributed by atoms with Gasteiger partial charge in [0.15, 0.2) is 0 Å². The lowest BCUT2D eigenvalue weighted by Gasteiger charge is -2.09. The summed E-state index contributed by atoms with van der Waals surface area (Å²) in [5.41, 5.74) is 9.07. The van der Waals surface area contributed by atoms with Crippen LogP contribution in [-0.4, -0.2) is 4.98 Å². The maximum atomic E-state index is 6.32. The van der Waals surface area contributed by atoms with Crippen LogP contribution in [0.4, 0.5) is 5.69 Å². The van der Waals surface area contributed by atoms with Crippen LogP contribution in [0.25, 0.3) is 32.8 Å². The Labute approximate surface area is 115 Å². The molecule has 2 aromatic carbocycles. The smallest absolute Gasteiger partial charge is 0.114 e. The number of nitrogen functional groups attached to an aromatic ring is 1. The topological polar surface area (TPSA) is 41.8 Å². The highest BCUT2D eigenvalue weighted by atomic mass is 35.5. The van der Waals surface area contributed by atoms with E-state index in [1.165, 1.54) is 5.39 Å². The molecule has 0 fully saturated rings. The van der Waals surface area contributed by atoms with Gasteiger partial charge in [-0.3, -0.25) is 0 Å². The molecule has 0 bridgehead atoms. The summed E-state index contributed by atoms with van der Waals surface area (Å²) in [6.45, 7) is 0. The summed E-state index contributed by atoms with van der Waals surface area (Å²) in [4.78, 5) is 3.23. The minimum absolute atomic E-state index is 0.630. The van der Waals surface area contributed by atoms with Gasteiger partial charge >= 0.3 is 0 Å². The summed E-state index contributed by atoms with van der Waals surface area (Å²) in [6.07, 6.45) is 0. The van der Waals surface area contributed by atoms with E-state index < -0.39 is 0 Å². The van der Waals surface area contributed by atoms with Crippen LogP contribution in [0.5, 0.6) is 0 Å². The average molecular weight is 267 g/mol. The van der Waals surface area contributed by atoms with Gasteiger partial charge in [-0.1, -0.05) is 60.1 Å². The fourth-order valence-electron chi connectivity index (χ4n) is 2.82. The summed E-state index contributed by atoms with van der Waals surface area (Å²) >= 11 is 6.32. The van der Waals surface area contributed by atoms with E-state index in [4.69, 9.17) is 17.3 Å². The first kappa shape index (κ1) is 10.7. The van der Waals surface area contributed by atoms with Gasteiger partial charge in [-0.2, -0.15) is 0 Å². The number of fused-ring (bicyclic) bond motifs is 5. The van der Waals surface area contributed by atoms with Crippen molar-refractivity contribution in [2.24, 2.45) is 0 Å². The molecule has 3 heteroatoms. The molecule has 1 aliphatic carbocycles. The van der Waals surface area contributed by atoms with E-state index in [2.05, 4.69) is 17.1 Å². The number of aromatic amines is 1.